The highest BCUT2D eigenvalue weighted by Crippen LogP contribution is 2.23. The van der Waals surface area contributed by atoms with Gasteiger partial charge in [0.15, 0.2) is 0 Å². The maximum absolute atomic E-state index is 13.9. The predicted molar refractivity (Wildman–Crippen MR) is 70.8 cm³/mol. The summed E-state index contributed by atoms with van der Waals surface area (Å²) in [5.41, 5.74) is -1.63. The van der Waals surface area contributed by atoms with Crippen molar-refractivity contribution < 1.29 is 28.6 Å². The van der Waals surface area contributed by atoms with Gasteiger partial charge in [0.2, 0.25) is 0 Å². The van der Waals surface area contributed by atoms with E-state index in [1.807, 2.05) is 0 Å². The molecule has 0 bridgehead atoms. The SMILES string of the molecule is COc1ccc(C(=O)NC2(C(=O)O)CCOCC2)c(F)c1. The number of carbonyl (C=O) groups excluding carboxylic acids is 1. The highest BCUT2D eigenvalue weighted by Gasteiger charge is 2.42. The van der Waals surface area contributed by atoms with Crippen LogP contribution in [0.1, 0.15) is 23.2 Å². The van der Waals surface area contributed by atoms with Crippen LogP contribution in [-0.2, 0) is 9.53 Å². The largest absolute Gasteiger partial charge is 0.497 e. The average molecular weight is 297 g/mol. The number of ether oxygens (including phenoxy) is 2. The van der Waals surface area contributed by atoms with E-state index < -0.39 is 23.2 Å². The first-order chi connectivity index (χ1) is 9.98. The summed E-state index contributed by atoms with van der Waals surface area (Å²) in [6.07, 6.45) is 0.289. The number of aliphatic carboxylic acids is 1. The van der Waals surface area contributed by atoms with Crippen molar-refractivity contribution in [2.75, 3.05) is 20.3 Å². The minimum Gasteiger partial charge on any atom is -0.497 e. The highest BCUT2D eigenvalue weighted by atomic mass is 19.1. The zero-order chi connectivity index (χ0) is 15.5. The molecule has 0 radical (unpaired) electrons. The van der Waals surface area contributed by atoms with Gasteiger partial charge < -0.3 is 19.9 Å². The Labute approximate surface area is 120 Å². The van der Waals surface area contributed by atoms with Crippen LogP contribution in [0.3, 0.4) is 0 Å². The second-order valence-corrected chi connectivity index (χ2v) is 4.80. The van der Waals surface area contributed by atoms with Crippen LogP contribution in [0.15, 0.2) is 18.2 Å². The zero-order valence-corrected chi connectivity index (χ0v) is 11.5. The molecule has 1 aliphatic heterocycles. The number of nitrogens with one attached hydrogen (secondary N) is 1. The molecule has 0 spiro atoms. The number of rotatable bonds is 4. The van der Waals surface area contributed by atoms with E-state index in [0.717, 1.165) is 6.07 Å². The van der Waals surface area contributed by atoms with Gasteiger partial charge in [0, 0.05) is 32.1 Å². The van der Waals surface area contributed by atoms with Gasteiger partial charge >= 0.3 is 5.97 Å². The summed E-state index contributed by atoms with van der Waals surface area (Å²) in [7, 11) is 1.38. The number of hydrogen-bond donors (Lipinski definition) is 2. The Balaban J connectivity index is 2.21. The molecule has 0 unspecified atom stereocenters. The lowest BCUT2D eigenvalue weighted by atomic mass is 9.89. The highest BCUT2D eigenvalue weighted by molar-refractivity contribution is 5.98. The fraction of sp³-hybridized carbons (Fsp3) is 0.429. The van der Waals surface area contributed by atoms with Crippen molar-refractivity contribution in [1.82, 2.24) is 5.32 Å². The molecule has 0 aromatic heterocycles. The van der Waals surface area contributed by atoms with Gasteiger partial charge in [-0.3, -0.25) is 4.79 Å². The lowest BCUT2D eigenvalue weighted by molar-refractivity contribution is -0.148. The third-order valence-corrected chi connectivity index (χ3v) is 3.53. The Hall–Kier alpha value is -2.15. The Morgan fingerprint density at radius 2 is 2.05 bits per heavy atom. The molecule has 1 heterocycles. The molecule has 2 rings (SSSR count). The number of amides is 1. The smallest absolute Gasteiger partial charge is 0.329 e. The van der Waals surface area contributed by atoms with Gasteiger partial charge in [-0.2, -0.15) is 0 Å². The van der Waals surface area contributed by atoms with Crippen molar-refractivity contribution in [3.05, 3.63) is 29.6 Å². The minimum absolute atomic E-state index is 0.145. The first kappa shape index (κ1) is 15.2. The molecule has 0 atom stereocenters. The van der Waals surface area contributed by atoms with Crippen LogP contribution in [0.25, 0.3) is 0 Å². The topological polar surface area (TPSA) is 84.9 Å². The number of hydrogen-bond acceptors (Lipinski definition) is 4. The van der Waals surface area contributed by atoms with Crippen molar-refractivity contribution in [2.45, 2.75) is 18.4 Å². The van der Waals surface area contributed by atoms with E-state index in [1.54, 1.807) is 0 Å². The summed E-state index contributed by atoms with van der Waals surface area (Å²) < 4.78 is 23.8. The Morgan fingerprint density at radius 3 is 2.57 bits per heavy atom. The van der Waals surface area contributed by atoms with E-state index in [9.17, 15) is 19.1 Å². The molecule has 1 fully saturated rings. The molecule has 114 valence electrons. The van der Waals surface area contributed by atoms with E-state index in [0.29, 0.717) is 0 Å². The third-order valence-electron chi connectivity index (χ3n) is 3.53. The van der Waals surface area contributed by atoms with Crippen LogP contribution >= 0.6 is 0 Å². The van der Waals surface area contributed by atoms with Crippen LogP contribution in [-0.4, -0.2) is 42.8 Å². The van der Waals surface area contributed by atoms with Crippen molar-refractivity contribution in [1.29, 1.82) is 0 Å². The lowest BCUT2D eigenvalue weighted by Crippen LogP contribution is -2.57. The quantitative estimate of drug-likeness (QED) is 0.872. The lowest BCUT2D eigenvalue weighted by Gasteiger charge is -2.33. The molecule has 0 aliphatic carbocycles. The molecule has 1 aromatic rings. The summed E-state index contributed by atoms with van der Waals surface area (Å²) in [4.78, 5) is 23.6. The molecule has 2 N–H and O–H groups in total. The van der Waals surface area contributed by atoms with Gasteiger partial charge in [-0.25, -0.2) is 9.18 Å². The van der Waals surface area contributed by atoms with Crippen molar-refractivity contribution >= 4 is 11.9 Å². The Kier molecular flexibility index (Phi) is 4.42. The third kappa shape index (κ3) is 3.13. The van der Waals surface area contributed by atoms with E-state index in [4.69, 9.17) is 9.47 Å². The number of benzene rings is 1. The molecular weight excluding hydrogens is 281 g/mol. The maximum atomic E-state index is 13.9. The van der Waals surface area contributed by atoms with Gasteiger partial charge in [0.1, 0.15) is 17.1 Å². The summed E-state index contributed by atoms with van der Waals surface area (Å²) in [6, 6.07) is 3.78. The molecule has 1 amide bonds. The Morgan fingerprint density at radius 1 is 1.38 bits per heavy atom. The van der Waals surface area contributed by atoms with E-state index in [1.165, 1.54) is 19.2 Å². The minimum atomic E-state index is -1.41. The monoisotopic (exact) mass is 297 g/mol. The summed E-state index contributed by atoms with van der Waals surface area (Å²) >= 11 is 0. The van der Waals surface area contributed by atoms with Crippen LogP contribution in [0.4, 0.5) is 4.39 Å². The van der Waals surface area contributed by atoms with Crippen molar-refractivity contribution in [3.63, 3.8) is 0 Å². The standard InChI is InChI=1S/C14H16FNO5/c1-20-9-2-3-10(11(15)8-9)12(17)16-14(13(18)19)4-6-21-7-5-14/h2-3,8H,4-7H2,1H3,(H,16,17)(H,18,19). The zero-order valence-electron chi connectivity index (χ0n) is 11.5. The number of methoxy groups -OCH3 is 1. The first-order valence-electron chi connectivity index (χ1n) is 6.46. The second-order valence-electron chi connectivity index (χ2n) is 4.80. The number of halogens is 1. The van der Waals surface area contributed by atoms with Crippen LogP contribution in [0.2, 0.25) is 0 Å². The molecular formula is C14H16FNO5. The molecule has 1 saturated heterocycles. The molecule has 21 heavy (non-hydrogen) atoms. The number of carboxylic acids is 1. The van der Waals surface area contributed by atoms with Gasteiger partial charge in [-0.1, -0.05) is 0 Å². The van der Waals surface area contributed by atoms with E-state index >= 15 is 0 Å². The fourth-order valence-corrected chi connectivity index (χ4v) is 2.20. The van der Waals surface area contributed by atoms with Crippen molar-refractivity contribution in [2.24, 2.45) is 0 Å². The van der Waals surface area contributed by atoms with Crippen LogP contribution in [0.5, 0.6) is 5.75 Å². The predicted octanol–water partition coefficient (Wildman–Crippen LogP) is 1.20. The normalized spacial score (nSPS) is 17.0. The van der Waals surface area contributed by atoms with Gasteiger partial charge in [-0.15, -0.1) is 0 Å². The average Bonchev–Trinajstić information content (AvgIpc) is 2.47. The van der Waals surface area contributed by atoms with Gasteiger partial charge in [-0.05, 0) is 12.1 Å². The summed E-state index contributed by atoms with van der Waals surface area (Å²) in [5, 5.41) is 11.8. The summed E-state index contributed by atoms with van der Waals surface area (Å²) in [5.74, 6) is -2.39. The molecule has 7 heteroatoms. The number of carbonyl (C=O) groups is 2. The van der Waals surface area contributed by atoms with Crippen LogP contribution in [0, 0.1) is 5.82 Å². The first-order valence-corrected chi connectivity index (χ1v) is 6.46. The van der Waals surface area contributed by atoms with Crippen LogP contribution < -0.4 is 10.1 Å². The van der Waals surface area contributed by atoms with Gasteiger partial charge in [0.25, 0.3) is 5.91 Å². The fourth-order valence-electron chi connectivity index (χ4n) is 2.20. The van der Waals surface area contributed by atoms with E-state index in [-0.39, 0.29) is 37.4 Å². The number of carboxylic acid groups (broad SMARTS) is 1. The molecule has 1 aromatic carbocycles. The van der Waals surface area contributed by atoms with Gasteiger partial charge in [0.05, 0.1) is 12.7 Å². The molecule has 1 aliphatic rings. The second kappa shape index (κ2) is 6.09. The van der Waals surface area contributed by atoms with Crippen molar-refractivity contribution in [3.8, 4) is 5.75 Å². The van der Waals surface area contributed by atoms with E-state index in [2.05, 4.69) is 5.32 Å². The Bertz CT molecular complexity index is 554. The molecule has 0 saturated carbocycles. The molecule has 6 nitrogen and oxygen atoms in total. The maximum Gasteiger partial charge on any atom is 0.329 e. The summed E-state index contributed by atoms with van der Waals surface area (Å²) in [6.45, 7) is 0.468.